The Bertz CT molecular complexity index is 496. The van der Waals surface area contributed by atoms with Crippen LogP contribution >= 0.6 is 15.9 Å². The minimum Gasteiger partial charge on any atom is -0.393 e. The van der Waals surface area contributed by atoms with Crippen LogP contribution in [0.5, 0.6) is 0 Å². The van der Waals surface area contributed by atoms with E-state index in [9.17, 15) is 9.50 Å². The lowest BCUT2D eigenvalue weighted by Gasteiger charge is -2.40. The molecule has 1 aliphatic heterocycles. The van der Waals surface area contributed by atoms with Crippen LogP contribution in [0.15, 0.2) is 22.7 Å². The van der Waals surface area contributed by atoms with Crippen molar-refractivity contribution in [1.82, 2.24) is 4.90 Å². The Morgan fingerprint density at radius 1 is 1.19 bits per heavy atom. The predicted octanol–water partition coefficient (Wildman–Crippen LogP) is 4.10. The summed E-state index contributed by atoms with van der Waals surface area (Å²) in [6, 6.07) is 5.42. The number of halogens is 2. The van der Waals surface area contributed by atoms with Crippen LogP contribution in [0.4, 0.5) is 4.39 Å². The molecule has 116 valence electrons. The Balaban J connectivity index is 1.75. The van der Waals surface area contributed by atoms with Crippen molar-refractivity contribution in [2.24, 2.45) is 5.92 Å². The number of rotatable bonds is 3. The van der Waals surface area contributed by atoms with Crippen LogP contribution in [0.2, 0.25) is 0 Å². The molecule has 0 radical (unpaired) electrons. The third-order valence-corrected chi connectivity index (χ3v) is 5.82. The van der Waals surface area contributed by atoms with Crippen molar-refractivity contribution in [3.8, 4) is 0 Å². The number of likely N-dealkylation sites (tertiary alicyclic amines) is 1. The van der Waals surface area contributed by atoms with E-state index >= 15 is 0 Å². The van der Waals surface area contributed by atoms with E-state index in [1.165, 1.54) is 25.3 Å². The van der Waals surface area contributed by atoms with E-state index in [0.717, 1.165) is 42.4 Å². The number of nitrogens with zero attached hydrogens (tertiary/aromatic N) is 1. The first-order chi connectivity index (χ1) is 10.1. The molecule has 1 aliphatic carbocycles. The molecule has 1 saturated heterocycles. The standard InChI is InChI=1S/C17H23BrFNO/c18-15-10-13(19)8-7-12(15)11-20-9-2-1-5-16(20)14-4-3-6-17(14)21/h7-8,10,14,16-17,21H,1-6,9,11H2. The van der Waals surface area contributed by atoms with E-state index in [0.29, 0.717) is 12.0 Å². The third-order valence-electron chi connectivity index (χ3n) is 5.08. The molecule has 1 heterocycles. The van der Waals surface area contributed by atoms with E-state index in [4.69, 9.17) is 0 Å². The molecule has 0 amide bonds. The molecule has 2 nitrogen and oxygen atoms in total. The molecule has 0 aromatic heterocycles. The van der Waals surface area contributed by atoms with Gasteiger partial charge in [-0.1, -0.05) is 34.8 Å². The lowest BCUT2D eigenvalue weighted by atomic mass is 9.87. The topological polar surface area (TPSA) is 23.5 Å². The lowest BCUT2D eigenvalue weighted by molar-refractivity contribution is 0.0312. The Hall–Kier alpha value is -0.450. The normalized spacial score (nSPS) is 30.7. The van der Waals surface area contributed by atoms with Crippen molar-refractivity contribution in [2.45, 2.75) is 57.2 Å². The fraction of sp³-hybridized carbons (Fsp3) is 0.647. The molecule has 2 fully saturated rings. The predicted molar refractivity (Wildman–Crippen MR) is 85.5 cm³/mol. The molecule has 0 spiro atoms. The van der Waals surface area contributed by atoms with Crippen LogP contribution < -0.4 is 0 Å². The summed E-state index contributed by atoms with van der Waals surface area (Å²) in [5.41, 5.74) is 1.13. The molecule has 1 N–H and O–H groups in total. The van der Waals surface area contributed by atoms with Gasteiger partial charge in [-0.2, -0.15) is 0 Å². The maximum Gasteiger partial charge on any atom is 0.124 e. The molecule has 1 aromatic carbocycles. The van der Waals surface area contributed by atoms with E-state index in [-0.39, 0.29) is 11.9 Å². The highest BCUT2D eigenvalue weighted by molar-refractivity contribution is 9.10. The smallest absolute Gasteiger partial charge is 0.124 e. The van der Waals surface area contributed by atoms with Gasteiger partial charge in [0, 0.05) is 23.0 Å². The van der Waals surface area contributed by atoms with Crippen molar-refractivity contribution < 1.29 is 9.50 Å². The first-order valence-corrected chi connectivity index (χ1v) is 8.80. The van der Waals surface area contributed by atoms with Crippen molar-refractivity contribution in [3.05, 3.63) is 34.1 Å². The molecule has 2 aliphatic rings. The van der Waals surface area contributed by atoms with E-state index in [1.54, 1.807) is 6.07 Å². The van der Waals surface area contributed by atoms with Crippen molar-refractivity contribution in [3.63, 3.8) is 0 Å². The summed E-state index contributed by atoms with van der Waals surface area (Å²) in [6.45, 7) is 1.92. The molecule has 3 unspecified atom stereocenters. The number of aliphatic hydroxyl groups excluding tert-OH is 1. The van der Waals surface area contributed by atoms with Crippen LogP contribution in [0.1, 0.15) is 44.1 Å². The highest BCUT2D eigenvalue weighted by Gasteiger charge is 2.36. The fourth-order valence-electron chi connectivity index (χ4n) is 3.98. The first-order valence-electron chi connectivity index (χ1n) is 8.01. The van der Waals surface area contributed by atoms with Gasteiger partial charge in [0.25, 0.3) is 0 Å². The summed E-state index contributed by atoms with van der Waals surface area (Å²) >= 11 is 3.47. The summed E-state index contributed by atoms with van der Waals surface area (Å²) in [7, 11) is 0. The minimum absolute atomic E-state index is 0.132. The average Bonchev–Trinajstić information content (AvgIpc) is 2.89. The van der Waals surface area contributed by atoms with Gasteiger partial charge in [0.1, 0.15) is 5.82 Å². The number of piperidine rings is 1. The number of hydrogen-bond acceptors (Lipinski definition) is 2. The molecular formula is C17H23BrFNO. The van der Waals surface area contributed by atoms with Gasteiger partial charge < -0.3 is 5.11 Å². The summed E-state index contributed by atoms with van der Waals surface area (Å²) in [4.78, 5) is 2.50. The minimum atomic E-state index is -0.202. The lowest BCUT2D eigenvalue weighted by Crippen LogP contribution is -2.45. The van der Waals surface area contributed by atoms with Gasteiger partial charge in [-0.15, -0.1) is 0 Å². The molecule has 1 saturated carbocycles. The number of hydrogen-bond donors (Lipinski definition) is 1. The monoisotopic (exact) mass is 355 g/mol. The van der Waals surface area contributed by atoms with E-state index < -0.39 is 0 Å². The van der Waals surface area contributed by atoms with E-state index in [1.807, 2.05) is 6.07 Å². The first kappa shape index (κ1) is 15.4. The molecule has 3 atom stereocenters. The van der Waals surface area contributed by atoms with E-state index in [2.05, 4.69) is 20.8 Å². The highest BCUT2D eigenvalue weighted by Crippen LogP contribution is 2.36. The number of aliphatic hydroxyl groups is 1. The Labute approximate surface area is 134 Å². The quantitative estimate of drug-likeness (QED) is 0.881. The summed E-state index contributed by atoms with van der Waals surface area (Å²) in [5.74, 6) is 0.219. The Morgan fingerprint density at radius 2 is 2.05 bits per heavy atom. The van der Waals surface area contributed by atoms with Gasteiger partial charge >= 0.3 is 0 Å². The molecule has 0 bridgehead atoms. The van der Waals surface area contributed by atoms with Gasteiger partial charge in [-0.05, 0) is 49.9 Å². The van der Waals surface area contributed by atoms with Crippen LogP contribution in [0.3, 0.4) is 0 Å². The van der Waals surface area contributed by atoms with Gasteiger partial charge in [0.2, 0.25) is 0 Å². The summed E-state index contributed by atoms with van der Waals surface area (Å²) in [5, 5.41) is 10.2. The van der Waals surface area contributed by atoms with Crippen molar-refractivity contribution in [2.75, 3.05) is 6.54 Å². The zero-order chi connectivity index (χ0) is 14.8. The second-order valence-corrected chi connectivity index (χ2v) is 7.29. The largest absolute Gasteiger partial charge is 0.393 e. The van der Waals surface area contributed by atoms with Gasteiger partial charge in [0.15, 0.2) is 0 Å². The fourth-order valence-corrected chi connectivity index (χ4v) is 4.46. The Kier molecular flexibility index (Phi) is 4.97. The Morgan fingerprint density at radius 3 is 2.76 bits per heavy atom. The second kappa shape index (κ2) is 6.76. The van der Waals surface area contributed by atoms with Crippen LogP contribution in [-0.4, -0.2) is 28.7 Å². The van der Waals surface area contributed by atoms with Crippen LogP contribution in [-0.2, 0) is 6.54 Å². The second-order valence-electron chi connectivity index (χ2n) is 6.43. The maximum atomic E-state index is 13.2. The zero-order valence-electron chi connectivity index (χ0n) is 12.3. The number of benzene rings is 1. The van der Waals surface area contributed by atoms with Gasteiger partial charge in [-0.25, -0.2) is 4.39 Å². The maximum absolute atomic E-state index is 13.2. The molecule has 4 heteroatoms. The third kappa shape index (κ3) is 3.49. The molecule has 3 rings (SSSR count). The molecular weight excluding hydrogens is 333 g/mol. The SMILES string of the molecule is OC1CCCC1C1CCCCN1Cc1ccc(F)cc1Br. The summed E-state index contributed by atoms with van der Waals surface area (Å²) in [6.07, 6.45) is 6.78. The van der Waals surface area contributed by atoms with Gasteiger partial charge in [0.05, 0.1) is 6.10 Å². The zero-order valence-corrected chi connectivity index (χ0v) is 13.9. The molecule has 1 aromatic rings. The average molecular weight is 356 g/mol. The molecule has 21 heavy (non-hydrogen) atoms. The highest BCUT2D eigenvalue weighted by atomic mass is 79.9. The van der Waals surface area contributed by atoms with Crippen LogP contribution in [0.25, 0.3) is 0 Å². The summed E-state index contributed by atoms with van der Waals surface area (Å²) < 4.78 is 14.1. The van der Waals surface area contributed by atoms with Crippen molar-refractivity contribution in [1.29, 1.82) is 0 Å². The van der Waals surface area contributed by atoms with Gasteiger partial charge in [-0.3, -0.25) is 4.90 Å². The van der Waals surface area contributed by atoms with Crippen LogP contribution in [0, 0.1) is 11.7 Å². The van der Waals surface area contributed by atoms with Crippen molar-refractivity contribution >= 4 is 15.9 Å².